The number of aliphatic hydroxyl groups is 1. The fraction of sp³-hybridized carbons (Fsp3) is 0.935. The van der Waals surface area contributed by atoms with Gasteiger partial charge in [-0.15, -0.1) is 0 Å². The summed E-state index contributed by atoms with van der Waals surface area (Å²) in [6.07, 6.45) is 18.6. The number of hydrogen-bond acceptors (Lipinski definition) is 1. The van der Waals surface area contributed by atoms with E-state index >= 15 is 0 Å². The van der Waals surface area contributed by atoms with E-state index < -0.39 is 0 Å². The molecule has 0 bridgehead atoms. The van der Waals surface area contributed by atoms with Gasteiger partial charge in [-0.05, 0) is 120 Å². The lowest BCUT2D eigenvalue weighted by Gasteiger charge is -2.63. The molecule has 0 aromatic heterocycles. The molecule has 0 aromatic carbocycles. The van der Waals surface area contributed by atoms with Gasteiger partial charge in [-0.25, -0.2) is 0 Å². The largest absolute Gasteiger partial charge is 0.393 e. The maximum absolute atomic E-state index is 10.9. The molecule has 0 aromatic rings. The summed E-state index contributed by atoms with van der Waals surface area (Å²) in [6.45, 7) is 19.7. The molecule has 2 spiro atoms. The molecule has 1 heteroatoms. The number of fused-ring (bicyclic) bond motifs is 2. The number of aliphatic hydroxyl groups excluding tert-OH is 1. The Kier molecular flexibility index (Phi) is 5.05. The van der Waals surface area contributed by atoms with E-state index in [1.807, 2.05) is 0 Å². The first-order valence-corrected chi connectivity index (χ1v) is 14.1. The highest BCUT2D eigenvalue weighted by Gasteiger charge is 2.82. The van der Waals surface area contributed by atoms with Gasteiger partial charge in [-0.3, -0.25) is 0 Å². The van der Waals surface area contributed by atoms with E-state index in [1.54, 1.807) is 0 Å². The van der Waals surface area contributed by atoms with Gasteiger partial charge in [-0.2, -0.15) is 0 Å². The first-order valence-electron chi connectivity index (χ1n) is 14.1. The van der Waals surface area contributed by atoms with Gasteiger partial charge in [0.25, 0.3) is 0 Å². The maximum Gasteiger partial charge on any atom is 0.0594 e. The van der Waals surface area contributed by atoms with E-state index in [-0.39, 0.29) is 11.5 Å². The molecule has 1 nitrogen and oxygen atoms in total. The Morgan fingerprint density at radius 1 is 0.844 bits per heavy atom. The van der Waals surface area contributed by atoms with Crippen molar-refractivity contribution in [3.05, 3.63) is 12.2 Å². The Hall–Kier alpha value is -0.300. The molecule has 5 fully saturated rings. The molecule has 32 heavy (non-hydrogen) atoms. The van der Waals surface area contributed by atoms with Crippen molar-refractivity contribution in [2.24, 2.45) is 56.2 Å². The van der Waals surface area contributed by atoms with Gasteiger partial charge in [-0.1, -0.05) is 67.5 Å². The van der Waals surface area contributed by atoms with Crippen molar-refractivity contribution < 1.29 is 5.11 Å². The van der Waals surface area contributed by atoms with Crippen molar-refractivity contribution in [2.45, 2.75) is 126 Å². The molecule has 5 aliphatic carbocycles. The Morgan fingerprint density at radius 2 is 1.50 bits per heavy atom. The summed E-state index contributed by atoms with van der Waals surface area (Å²) in [4.78, 5) is 0. The van der Waals surface area contributed by atoms with Gasteiger partial charge < -0.3 is 5.11 Å². The number of hydrogen-bond donors (Lipinski definition) is 1. The lowest BCUT2D eigenvalue weighted by atomic mass is 9.42. The van der Waals surface area contributed by atoms with E-state index in [0.29, 0.717) is 27.1 Å². The second-order valence-corrected chi connectivity index (χ2v) is 15.5. The summed E-state index contributed by atoms with van der Waals surface area (Å²) in [7, 11) is 0. The molecular weight excluding hydrogens is 388 g/mol. The number of allylic oxidation sites excluding steroid dienone is 2. The zero-order valence-corrected chi connectivity index (χ0v) is 22.6. The highest BCUT2D eigenvalue weighted by molar-refractivity contribution is 5.30. The molecule has 0 radical (unpaired) electrons. The summed E-state index contributed by atoms with van der Waals surface area (Å²) >= 11 is 0. The van der Waals surface area contributed by atoms with Crippen molar-refractivity contribution in [1.29, 1.82) is 0 Å². The molecule has 5 aliphatic rings. The summed E-state index contributed by atoms with van der Waals surface area (Å²) < 4.78 is 0. The Morgan fingerprint density at radius 3 is 2.19 bits per heavy atom. The van der Waals surface area contributed by atoms with E-state index in [9.17, 15) is 5.11 Å². The molecule has 5 rings (SSSR count). The van der Waals surface area contributed by atoms with Crippen LogP contribution in [-0.2, 0) is 0 Å². The average molecular weight is 441 g/mol. The van der Waals surface area contributed by atoms with Gasteiger partial charge >= 0.3 is 0 Å². The standard InChI is InChI=1S/C31H52O/c1-21(10-9-15-26(2,3)4)22-13-16-29(8)24-12-11-23-27(5,6)25(32)14-17-30(23)20-31(24,30)19-18-28(22,29)7/h9,15,21-25,32H,10-14,16-20H2,1-8H3. The highest BCUT2D eigenvalue weighted by Crippen LogP contribution is 2.89. The number of rotatable bonds is 3. The summed E-state index contributed by atoms with van der Waals surface area (Å²) in [5.74, 6) is 3.36. The lowest BCUT2D eigenvalue weighted by Crippen LogP contribution is -2.57. The van der Waals surface area contributed by atoms with Crippen molar-refractivity contribution >= 4 is 0 Å². The summed E-state index contributed by atoms with van der Waals surface area (Å²) in [6, 6.07) is 0. The molecule has 0 heterocycles. The minimum atomic E-state index is -0.0883. The molecule has 0 saturated heterocycles. The normalized spacial score (nSPS) is 52.7. The van der Waals surface area contributed by atoms with Crippen molar-refractivity contribution in [2.75, 3.05) is 0 Å². The lowest BCUT2D eigenvalue weighted by molar-refractivity contribution is -0.161. The SMILES string of the molecule is CC(CC=CC(C)(C)C)C1CCC2(C)C3CCC4C(C)(C)C(O)CCC45CC35CCC12C. The van der Waals surface area contributed by atoms with Gasteiger partial charge in [0, 0.05) is 0 Å². The van der Waals surface area contributed by atoms with Crippen LogP contribution in [0.25, 0.3) is 0 Å². The molecule has 9 unspecified atom stereocenters. The molecule has 0 amide bonds. The van der Waals surface area contributed by atoms with Crippen molar-refractivity contribution in [3.8, 4) is 0 Å². The predicted molar refractivity (Wildman–Crippen MR) is 135 cm³/mol. The first-order chi connectivity index (χ1) is 14.7. The maximum atomic E-state index is 10.9. The Balaban J connectivity index is 1.40. The molecular formula is C31H52O. The van der Waals surface area contributed by atoms with Gasteiger partial charge in [0.15, 0.2) is 0 Å². The summed E-state index contributed by atoms with van der Waals surface area (Å²) in [5.41, 5.74) is 2.63. The third kappa shape index (κ3) is 2.85. The monoisotopic (exact) mass is 440 g/mol. The molecule has 182 valence electrons. The van der Waals surface area contributed by atoms with Crippen molar-refractivity contribution in [3.63, 3.8) is 0 Å². The van der Waals surface area contributed by atoms with Gasteiger partial charge in [0.05, 0.1) is 6.10 Å². The van der Waals surface area contributed by atoms with Crippen LogP contribution in [-0.4, -0.2) is 11.2 Å². The second kappa shape index (κ2) is 6.89. The Bertz CT molecular complexity index is 787. The molecule has 0 aliphatic heterocycles. The van der Waals surface area contributed by atoms with Crippen LogP contribution < -0.4 is 0 Å². The minimum Gasteiger partial charge on any atom is -0.393 e. The van der Waals surface area contributed by atoms with Crippen LogP contribution in [0.4, 0.5) is 0 Å². The fourth-order valence-corrected chi connectivity index (χ4v) is 11.1. The van der Waals surface area contributed by atoms with Crippen LogP contribution in [0.3, 0.4) is 0 Å². The van der Waals surface area contributed by atoms with Gasteiger partial charge in [0.2, 0.25) is 0 Å². The molecule has 1 N–H and O–H groups in total. The highest BCUT2D eigenvalue weighted by atomic mass is 16.3. The quantitative estimate of drug-likeness (QED) is 0.437. The summed E-state index contributed by atoms with van der Waals surface area (Å²) in [5, 5.41) is 10.9. The van der Waals surface area contributed by atoms with E-state index in [0.717, 1.165) is 30.1 Å². The van der Waals surface area contributed by atoms with E-state index in [2.05, 4.69) is 67.5 Å². The van der Waals surface area contributed by atoms with Crippen LogP contribution in [0.5, 0.6) is 0 Å². The molecule has 5 saturated carbocycles. The van der Waals surface area contributed by atoms with Crippen LogP contribution in [0.1, 0.15) is 120 Å². The van der Waals surface area contributed by atoms with E-state index in [1.165, 1.54) is 57.8 Å². The smallest absolute Gasteiger partial charge is 0.0594 e. The van der Waals surface area contributed by atoms with Gasteiger partial charge in [0.1, 0.15) is 0 Å². The third-order valence-corrected chi connectivity index (χ3v) is 13.0. The van der Waals surface area contributed by atoms with Crippen molar-refractivity contribution in [1.82, 2.24) is 0 Å². The zero-order chi connectivity index (χ0) is 23.4. The van der Waals surface area contributed by atoms with Crippen LogP contribution in [0.2, 0.25) is 0 Å². The van der Waals surface area contributed by atoms with Crippen LogP contribution in [0.15, 0.2) is 12.2 Å². The second-order valence-electron chi connectivity index (χ2n) is 15.5. The van der Waals surface area contributed by atoms with E-state index in [4.69, 9.17) is 0 Å². The minimum absolute atomic E-state index is 0.0883. The fourth-order valence-electron chi connectivity index (χ4n) is 11.1. The Labute approximate surface area is 199 Å². The van der Waals surface area contributed by atoms with Crippen LogP contribution >= 0.6 is 0 Å². The van der Waals surface area contributed by atoms with Crippen LogP contribution in [0, 0.1) is 56.2 Å². The average Bonchev–Trinajstić information content (AvgIpc) is 3.27. The first kappa shape index (κ1) is 23.4. The topological polar surface area (TPSA) is 20.2 Å². The zero-order valence-electron chi connectivity index (χ0n) is 22.6. The predicted octanol–water partition coefficient (Wildman–Crippen LogP) is 8.41. The molecule has 9 atom stereocenters. The third-order valence-electron chi connectivity index (χ3n) is 13.0.